The Kier molecular flexibility index (Phi) is 3.64. The maximum atomic E-state index is 13.0. The van der Waals surface area contributed by atoms with Gasteiger partial charge in [0.25, 0.3) is 0 Å². The monoisotopic (exact) mass is 264 g/mol. The van der Waals surface area contributed by atoms with Crippen LogP contribution in [0, 0.1) is 0 Å². The summed E-state index contributed by atoms with van der Waals surface area (Å²) in [7, 11) is 0. The van der Waals surface area contributed by atoms with Gasteiger partial charge in [0.1, 0.15) is 5.69 Å². The highest BCUT2D eigenvalue weighted by atomic mass is 19.4. The summed E-state index contributed by atoms with van der Waals surface area (Å²) in [6.07, 6.45) is 1.20. The molecular formula is C14H11F3N2. The molecule has 0 aliphatic heterocycles. The van der Waals surface area contributed by atoms with E-state index < -0.39 is 17.8 Å². The van der Waals surface area contributed by atoms with Gasteiger partial charge in [-0.25, -0.2) is 0 Å². The highest BCUT2D eigenvalue weighted by Crippen LogP contribution is 2.36. The summed E-state index contributed by atoms with van der Waals surface area (Å²) in [6.45, 7) is 3.62. The van der Waals surface area contributed by atoms with Gasteiger partial charge in [0, 0.05) is 24.5 Å². The van der Waals surface area contributed by atoms with E-state index in [1.807, 2.05) is 0 Å². The lowest BCUT2D eigenvalue weighted by Crippen LogP contribution is -2.14. The topological polar surface area (TPSA) is 25.8 Å². The minimum Gasteiger partial charge on any atom is -0.265 e. The summed E-state index contributed by atoms with van der Waals surface area (Å²) >= 11 is 0. The zero-order chi connectivity index (χ0) is 13.9. The van der Waals surface area contributed by atoms with Gasteiger partial charge in [-0.2, -0.15) is 13.2 Å². The molecule has 0 bridgehead atoms. The van der Waals surface area contributed by atoms with Crippen LogP contribution in [0.3, 0.4) is 0 Å². The summed E-state index contributed by atoms with van der Waals surface area (Å²) in [5.41, 5.74) is -0.0867. The van der Waals surface area contributed by atoms with Crippen molar-refractivity contribution in [1.29, 1.82) is 0 Å². The molecular weight excluding hydrogens is 253 g/mol. The maximum Gasteiger partial charge on any atom is 0.433 e. The van der Waals surface area contributed by atoms with Crippen molar-refractivity contribution in [3.63, 3.8) is 0 Å². The first-order chi connectivity index (χ1) is 9.04. The van der Waals surface area contributed by atoms with Crippen molar-refractivity contribution in [1.82, 2.24) is 9.97 Å². The zero-order valence-electron chi connectivity index (χ0n) is 9.93. The third-order valence-electron chi connectivity index (χ3n) is 2.74. The molecule has 0 aliphatic rings. The van der Waals surface area contributed by atoms with E-state index in [0.29, 0.717) is 5.56 Å². The summed E-state index contributed by atoms with van der Waals surface area (Å²) in [6, 6.07) is 6.24. The van der Waals surface area contributed by atoms with Gasteiger partial charge in [0.05, 0.1) is 0 Å². The van der Waals surface area contributed by atoms with Crippen molar-refractivity contribution < 1.29 is 13.2 Å². The second kappa shape index (κ2) is 5.22. The molecule has 0 aromatic carbocycles. The standard InChI is InChI=1S/C14H11F3N2/c1-2-11(10-5-8-18-9-6-10)12-4-3-7-19-13(12)14(15,16)17/h2-9,11H,1H2. The summed E-state index contributed by atoms with van der Waals surface area (Å²) in [4.78, 5) is 7.31. The zero-order valence-corrected chi connectivity index (χ0v) is 9.93. The van der Waals surface area contributed by atoms with E-state index in [0.717, 1.165) is 6.20 Å². The SMILES string of the molecule is C=CC(c1ccncc1)c1cccnc1C(F)(F)F. The second-order valence-electron chi connectivity index (χ2n) is 3.93. The molecule has 19 heavy (non-hydrogen) atoms. The van der Waals surface area contributed by atoms with Crippen LogP contribution in [0.4, 0.5) is 13.2 Å². The lowest BCUT2D eigenvalue weighted by molar-refractivity contribution is -0.141. The average molecular weight is 264 g/mol. The summed E-state index contributed by atoms with van der Waals surface area (Å²) < 4.78 is 38.9. The molecule has 0 amide bonds. The van der Waals surface area contributed by atoms with Crippen molar-refractivity contribution in [3.8, 4) is 0 Å². The van der Waals surface area contributed by atoms with Crippen molar-refractivity contribution in [2.24, 2.45) is 0 Å². The summed E-state index contributed by atoms with van der Waals surface area (Å²) in [5, 5.41) is 0. The van der Waals surface area contributed by atoms with Gasteiger partial charge in [-0.1, -0.05) is 12.1 Å². The third-order valence-corrected chi connectivity index (χ3v) is 2.74. The van der Waals surface area contributed by atoms with E-state index in [1.54, 1.807) is 12.1 Å². The van der Waals surface area contributed by atoms with E-state index in [4.69, 9.17) is 0 Å². The first-order valence-electron chi connectivity index (χ1n) is 5.58. The largest absolute Gasteiger partial charge is 0.433 e. The number of aromatic nitrogens is 2. The number of rotatable bonds is 3. The van der Waals surface area contributed by atoms with Crippen molar-refractivity contribution in [2.75, 3.05) is 0 Å². The lowest BCUT2D eigenvalue weighted by atomic mass is 9.91. The fourth-order valence-corrected chi connectivity index (χ4v) is 1.92. The molecule has 0 fully saturated rings. The third kappa shape index (κ3) is 2.81. The second-order valence-corrected chi connectivity index (χ2v) is 3.93. The molecule has 98 valence electrons. The van der Waals surface area contributed by atoms with E-state index in [-0.39, 0.29) is 5.56 Å². The molecule has 2 heterocycles. The van der Waals surface area contributed by atoms with E-state index in [9.17, 15) is 13.2 Å². The van der Waals surface area contributed by atoms with Crippen LogP contribution in [-0.4, -0.2) is 9.97 Å². The van der Waals surface area contributed by atoms with Crippen LogP contribution in [-0.2, 0) is 6.18 Å². The molecule has 1 atom stereocenters. The first kappa shape index (κ1) is 13.3. The Morgan fingerprint density at radius 1 is 1.11 bits per heavy atom. The van der Waals surface area contributed by atoms with Crippen molar-refractivity contribution in [3.05, 3.63) is 72.3 Å². The highest BCUT2D eigenvalue weighted by Gasteiger charge is 2.36. The molecule has 0 aliphatic carbocycles. The molecule has 0 saturated heterocycles. The highest BCUT2D eigenvalue weighted by molar-refractivity contribution is 5.38. The van der Waals surface area contributed by atoms with Crippen molar-refractivity contribution in [2.45, 2.75) is 12.1 Å². The number of hydrogen-bond acceptors (Lipinski definition) is 2. The van der Waals surface area contributed by atoms with Crippen LogP contribution >= 0.6 is 0 Å². The predicted octanol–water partition coefficient (Wildman–Crippen LogP) is 3.81. The van der Waals surface area contributed by atoms with E-state index >= 15 is 0 Å². The average Bonchev–Trinajstić information content (AvgIpc) is 2.40. The van der Waals surface area contributed by atoms with Crippen LogP contribution in [0.15, 0.2) is 55.5 Å². The maximum absolute atomic E-state index is 13.0. The van der Waals surface area contributed by atoms with Crippen LogP contribution in [0.2, 0.25) is 0 Å². The molecule has 0 N–H and O–H groups in total. The minimum absolute atomic E-state index is 0.0937. The molecule has 2 aromatic heterocycles. The fraction of sp³-hybridized carbons (Fsp3) is 0.143. The van der Waals surface area contributed by atoms with Crippen LogP contribution in [0.1, 0.15) is 22.7 Å². The van der Waals surface area contributed by atoms with Gasteiger partial charge in [-0.05, 0) is 29.3 Å². The minimum atomic E-state index is -4.48. The molecule has 2 nitrogen and oxygen atoms in total. The number of alkyl halides is 3. The molecule has 0 spiro atoms. The first-order valence-corrected chi connectivity index (χ1v) is 5.58. The molecule has 1 unspecified atom stereocenters. The molecule has 2 aromatic rings. The molecule has 0 saturated carbocycles. The van der Waals surface area contributed by atoms with Crippen LogP contribution < -0.4 is 0 Å². The van der Waals surface area contributed by atoms with Gasteiger partial charge in [0.2, 0.25) is 0 Å². The fourth-order valence-electron chi connectivity index (χ4n) is 1.92. The molecule has 0 radical (unpaired) electrons. The number of halogens is 3. The number of allylic oxidation sites excluding steroid dienone is 1. The van der Waals surface area contributed by atoms with Gasteiger partial charge >= 0.3 is 6.18 Å². The predicted molar refractivity (Wildman–Crippen MR) is 65.5 cm³/mol. The molecule has 2 rings (SSSR count). The van der Waals surface area contributed by atoms with E-state index in [1.165, 1.54) is 30.6 Å². The van der Waals surface area contributed by atoms with Gasteiger partial charge < -0.3 is 0 Å². The van der Waals surface area contributed by atoms with E-state index in [2.05, 4.69) is 16.5 Å². The normalized spacial score (nSPS) is 13.0. The molecule has 5 heteroatoms. The number of nitrogens with zero attached hydrogens (tertiary/aromatic N) is 2. The van der Waals surface area contributed by atoms with Crippen LogP contribution in [0.25, 0.3) is 0 Å². The Morgan fingerprint density at radius 2 is 1.79 bits per heavy atom. The van der Waals surface area contributed by atoms with Gasteiger partial charge in [-0.3, -0.25) is 9.97 Å². The van der Waals surface area contributed by atoms with Gasteiger partial charge in [-0.15, -0.1) is 6.58 Å². The Bertz CT molecular complexity index is 564. The van der Waals surface area contributed by atoms with Gasteiger partial charge in [0.15, 0.2) is 0 Å². The smallest absolute Gasteiger partial charge is 0.265 e. The number of pyridine rings is 2. The Hall–Kier alpha value is -2.17. The Balaban J connectivity index is 2.54. The Labute approximate surface area is 108 Å². The summed E-state index contributed by atoms with van der Waals surface area (Å²) in [5.74, 6) is -0.562. The Morgan fingerprint density at radius 3 is 2.37 bits per heavy atom. The quantitative estimate of drug-likeness (QED) is 0.788. The van der Waals surface area contributed by atoms with Crippen molar-refractivity contribution >= 4 is 0 Å². The lowest BCUT2D eigenvalue weighted by Gasteiger charge is -2.18. The number of hydrogen-bond donors (Lipinski definition) is 0. The van der Waals surface area contributed by atoms with Crippen LogP contribution in [0.5, 0.6) is 0 Å².